The molecule has 22 heavy (non-hydrogen) atoms. The quantitative estimate of drug-likeness (QED) is 0.784. The number of aromatic nitrogens is 5. The molecule has 0 saturated heterocycles. The lowest BCUT2D eigenvalue weighted by atomic mass is 10.1. The molecule has 0 aromatic carbocycles. The van der Waals surface area contributed by atoms with Crippen LogP contribution in [0.4, 0.5) is 0 Å². The summed E-state index contributed by atoms with van der Waals surface area (Å²) in [5.41, 5.74) is 1.62. The van der Waals surface area contributed by atoms with Crippen molar-refractivity contribution in [3.05, 3.63) is 41.4 Å². The Morgan fingerprint density at radius 2 is 2.36 bits per heavy atom. The molecule has 4 rings (SSSR count). The maximum Gasteiger partial charge on any atom is 0.273 e. The summed E-state index contributed by atoms with van der Waals surface area (Å²) in [5, 5.41) is 9.02. The molecule has 0 fully saturated rings. The van der Waals surface area contributed by atoms with Gasteiger partial charge in [0.1, 0.15) is 12.0 Å². The van der Waals surface area contributed by atoms with E-state index in [1.807, 2.05) is 17.9 Å². The summed E-state index contributed by atoms with van der Waals surface area (Å²) in [6.07, 6.45) is 3.48. The van der Waals surface area contributed by atoms with Crippen LogP contribution in [-0.4, -0.2) is 42.1 Å². The Morgan fingerprint density at radius 1 is 1.45 bits per heavy atom. The highest BCUT2D eigenvalue weighted by Gasteiger charge is 2.29. The van der Waals surface area contributed by atoms with E-state index in [1.165, 1.54) is 17.7 Å². The number of amides is 1. The maximum absolute atomic E-state index is 12.7. The fraction of sp³-hybridized carbons (Fsp3) is 0.286. The lowest BCUT2D eigenvalue weighted by Crippen LogP contribution is -2.40. The van der Waals surface area contributed by atoms with Crippen LogP contribution in [0.3, 0.4) is 0 Å². The number of carbonyl (C=O) groups excluding carboxylic acids is 1. The Hall–Kier alpha value is -2.48. The van der Waals surface area contributed by atoms with Crippen LogP contribution in [0.1, 0.15) is 29.1 Å². The fourth-order valence-corrected chi connectivity index (χ4v) is 3.53. The highest BCUT2D eigenvalue weighted by molar-refractivity contribution is 7.13. The molecule has 1 aliphatic heterocycles. The van der Waals surface area contributed by atoms with E-state index in [0.717, 1.165) is 12.2 Å². The second-order valence-electron chi connectivity index (χ2n) is 5.17. The van der Waals surface area contributed by atoms with Crippen molar-refractivity contribution >= 4 is 17.2 Å². The molecular formula is C14H14N6OS. The minimum Gasteiger partial charge on any atom is -0.348 e. The number of thiazole rings is 1. The molecule has 4 heterocycles. The SMILES string of the molecule is C[C@@H]1c2cccn2CCN1C(=O)c1csc(-c2ncn[nH]2)n1. The summed E-state index contributed by atoms with van der Waals surface area (Å²) in [6.45, 7) is 3.56. The van der Waals surface area contributed by atoms with Gasteiger partial charge in [-0.3, -0.25) is 9.89 Å². The predicted octanol–water partition coefficient (Wildman–Crippen LogP) is 1.95. The van der Waals surface area contributed by atoms with E-state index in [9.17, 15) is 4.79 Å². The van der Waals surface area contributed by atoms with E-state index in [1.54, 1.807) is 5.38 Å². The van der Waals surface area contributed by atoms with E-state index in [4.69, 9.17) is 0 Å². The summed E-state index contributed by atoms with van der Waals surface area (Å²) in [5.74, 6) is 0.548. The Kier molecular flexibility index (Phi) is 3.04. The molecule has 112 valence electrons. The Bertz CT molecular complexity index is 805. The molecule has 7 nitrogen and oxygen atoms in total. The molecule has 1 atom stereocenters. The summed E-state index contributed by atoms with van der Waals surface area (Å²) in [7, 11) is 0. The Morgan fingerprint density at radius 3 is 3.18 bits per heavy atom. The second-order valence-corrected chi connectivity index (χ2v) is 6.03. The van der Waals surface area contributed by atoms with Crippen LogP contribution in [0, 0.1) is 0 Å². The highest BCUT2D eigenvalue weighted by atomic mass is 32.1. The van der Waals surface area contributed by atoms with Gasteiger partial charge in [0, 0.05) is 30.4 Å². The number of nitrogens with zero attached hydrogens (tertiary/aromatic N) is 5. The smallest absolute Gasteiger partial charge is 0.273 e. The van der Waals surface area contributed by atoms with Crippen molar-refractivity contribution < 1.29 is 4.79 Å². The van der Waals surface area contributed by atoms with Gasteiger partial charge in [-0.1, -0.05) is 0 Å². The van der Waals surface area contributed by atoms with Crippen molar-refractivity contribution in [1.82, 2.24) is 29.6 Å². The van der Waals surface area contributed by atoms with Gasteiger partial charge < -0.3 is 9.47 Å². The van der Waals surface area contributed by atoms with Gasteiger partial charge >= 0.3 is 0 Å². The van der Waals surface area contributed by atoms with Crippen LogP contribution >= 0.6 is 11.3 Å². The van der Waals surface area contributed by atoms with Crippen LogP contribution in [0.15, 0.2) is 30.0 Å². The van der Waals surface area contributed by atoms with E-state index in [-0.39, 0.29) is 11.9 Å². The zero-order valence-electron chi connectivity index (χ0n) is 11.9. The lowest BCUT2D eigenvalue weighted by molar-refractivity contribution is 0.0639. The van der Waals surface area contributed by atoms with Gasteiger partial charge in [-0.05, 0) is 19.1 Å². The first-order chi connectivity index (χ1) is 10.7. The maximum atomic E-state index is 12.7. The summed E-state index contributed by atoms with van der Waals surface area (Å²) < 4.78 is 2.19. The first-order valence-corrected chi connectivity index (χ1v) is 7.89. The molecule has 1 amide bonds. The normalized spacial score (nSPS) is 17.5. The second kappa shape index (κ2) is 5.06. The van der Waals surface area contributed by atoms with E-state index < -0.39 is 0 Å². The molecule has 0 saturated carbocycles. The van der Waals surface area contributed by atoms with Crippen LogP contribution in [-0.2, 0) is 6.54 Å². The monoisotopic (exact) mass is 314 g/mol. The number of fused-ring (bicyclic) bond motifs is 1. The fourth-order valence-electron chi connectivity index (χ4n) is 2.79. The van der Waals surface area contributed by atoms with Gasteiger partial charge in [-0.25, -0.2) is 9.97 Å². The van der Waals surface area contributed by atoms with Crippen molar-refractivity contribution in [2.75, 3.05) is 6.54 Å². The molecule has 1 aliphatic rings. The number of rotatable bonds is 2. The lowest BCUT2D eigenvalue weighted by Gasteiger charge is -2.34. The molecule has 0 spiro atoms. The molecular weight excluding hydrogens is 300 g/mol. The first kappa shape index (κ1) is 13.2. The molecule has 3 aromatic heterocycles. The van der Waals surface area contributed by atoms with Crippen molar-refractivity contribution in [3.8, 4) is 10.8 Å². The van der Waals surface area contributed by atoms with Crippen molar-refractivity contribution in [3.63, 3.8) is 0 Å². The molecule has 8 heteroatoms. The summed E-state index contributed by atoms with van der Waals surface area (Å²) >= 11 is 1.39. The summed E-state index contributed by atoms with van der Waals surface area (Å²) in [6, 6.07) is 4.13. The van der Waals surface area contributed by atoms with E-state index in [2.05, 4.69) is 37.0 Å². The zero-order chi connectivity index (χ0) is 15.1. The van der Waals surface area contributed by atoms with Crippen molar-refractivity contribution in [1.29, 1.82) is 0 Å². The van der Waals surface area contributed by atoms with Gasteiger partial charge in [-0.2, -0.15) is 5.10 Å². The predicted molar refractivity (Wildman–Crippen MR) is 81.4 cm³/mol. The number of hydrogen-bond acceptors (Lipinski definition) is 5. The third-order valence-electron chi connectivity index (χ3n) is 3.94. The van der Waals surface area contributed by atoms with Crippen LogP contribution in [0.25, 0.3) is 10.8 Å². The summed E-state index contributed by atoms with van der Waals surface area (Å²) in [4.78, 5) is 23.1. The Balaban J connectivity index is 1.60. The molecule has 0 unspecified atom stereocenters. The number of carbonyl (C=O) groups is 1. The minimum atomic E-state index is -0.0398. The van der Waals surface area contributed by atoms with E-state index >= 15 is 0 Å². The van der Waals surface area contributed by atoms with Gasteiger partial charge in [0.05, 0.1) is 6.04 Å². The zero-order valence-corrected chi connectivity index (χ0v) is 12.7. The van der Waals surface area contributed by atoms with Gasteiger partial charge in [0.15, 0.2) is 10.8 Å². The Labute approximate surface area is 130 Å². The molecule has 1 N–H and O–H groups in total. The highest BCUT2D eigenvalue weighted by Crippen LogP contribution is 2.28. The average molecular weight is 314 g/mol. The van der Waals surface area contributed by atoms with Gasteiger partial charge in [-0.15, -0.1) is 11.3 Å². The van der Waals surface area contributed by atoms with Gasteiger partial charge in [0.25, 0.3) is 5.91 Å². The van der Waals surface area contributed by atoms with Crippen LogP contribution < -0.4 is 0 Å². The average Bonchev–Trinajstić information content (AvgIpc) is 3.26. The topological polar surface area (TPSA) is 79.7 Å². The van der Waals surface area contributed by atoms with Crippen LogP contribution in [0.5, 0.6) is 0 Å². The molecule has 0 bridgehead atoms. The molecule has 3 aromatic rings. The molecule has 0 radical (unpaired) electrons. The first-order valence-electron chi connectivity index (χ1n) is 7.01. The number of aromatic amines is 1. The van der Waals surface area contributed by atoms with Crippen molar-refractivity contribution in [2.24, 2.45) is 0 Å². The third-order valence-corrected chi connectivity index (χ3v) is 4.79. The third kappa shape index (κ3) is 2.03. The largest absolute Gasteiger partial charge is 0.348 e. The van der Waals surface area contributed by atoms with Crippen LogP contribution in [0.2, 0.25) is 0 Å². The number of nitrogens with one attached hydrogen (secondary N) is 1. The molecule has 0 aliphatic carbocycles. The standard InChI is InChI=1S/C14H14N6OS/c1-9-11-3-2-4-19(11)5-6-20(9)14(21)10-7-22-13(17-10)12-15-8-16-18-12/h2-4,7-9H,5-6H2,1H3,(H,15,16,18)/t9-/m1/s1. The van der Waals surface area contributed by atoms with Crippen molar-refractivity contribution in [2.45, 2.75) is 19.5 Å². The minimum absolute atomic E-state index is 0.0398. The number of hydrogen-bond donors (Lipinski definition) is 1. The number of H-pyrrole nitrogens is 1. The van der Waals surface area contributed by atoms with Gasteiger partial charge in [0.2, 0.25) is 0 Å². The van der Waals surface area contributed by atoms with E-state index in [0.29, 0.717) is 23.1 Å².